The van der Waals surface area contributed by atoms with Crippen LogP contribution in [0.3, 0.4) is 0 Å². The van der Waals surface area contributed by atoms with E-state index in [0.29, 0.717) is 0 Å². The highest BCUT2D eigenvalue weighted by Gasteiger charge is 2.44. The number of alkyl halides is 6. The Morgan fingerprint density at radius 1 is 0.625 bits per heavy atom. The zero-order valence-electron chi connectivity index (χ0n) is 11.1. The van der Waals surface area contributed by atoms with Gasteiger partial charge in [0.25, 0.3) is 0 Å². The summed E-state index contributed by atoms with van der Waals surface area (Å²) in [6.07, 6.45) is -10.7. The minimum absolute atomic E-state index is 1.24. The number of nitrogen functional groups attached to an aromatic ring is 2. The zero-order chi connectivity index (χ0) is 18.8. The Labute approximate surface area is 139 Å². The molecule has 0 aliphatic heterocycles. The summed E-state index contributed by atoms with van der Waals surface area (Å²) >= 11 is 6.74. The molecule has 0 bridgehead atoms. The van der Waals surface area contributed by atoms with Crippen LogP contribution in [0, 0.1) is 11.6 Å². The van der Waals surface area contributed by atoms with Gasteiger partial charge in [0.05, 0.1) is 22.5 Å². The summed E-state index contributed by atoms with van der Waals surface area (Å²) < 4.78 is 108. The third-order valence-corrected chi connectivity index (χ3v) is 4.14. The molecular formula is C12H6F8N2S2. The van der Waals surface area contributed by atoms with Crippen molar-refractivity contribution >= 4 is 47.4 Å². The first-order valence-electron chi connectivity index (χ1n) is 5.79. The van der Waals surface area contributed by atoms with Crippen LogP contribution in [0.25, 0.3) is 10.8 Å². The fourth-order valence-electron chi connectivity index (χ4n) is 2.22. The molecule has 2 nitrogen and oxygen atoms in total. The maximum atomic E-state index is 14.2. The number of hydrogen-bond acceptors (Lipinski definition) is 4. The Hall–Kier alpha value is -1.56. The van der Waals surface area contributed by atoms with Gasteiger partial charge >= 0.3 is 12.4 Å². The van der Waals surface area contributed by atoms with Crippen molar-refractivity contribution in [2.75, 3.05) is 11.5 Å². The van der Waals surface area contributed by atoms with Gasteiger partial charge in [-0.1, -0.05) is 0 Å². The summed E-state index contributed by atoms with van der Waals surface area (Å²) in [7, 11) is 0. The van der Waals surface area contributed by atoms with Crippen molar-refractivity contribution in [2.45, 2.75) is 22.1 Å². The average Bonchev–Trinajstić information content (AvgIpc) is 2.41. The maximum absolute atomic E-state index is 14.2. The molecule has 0 spiro atoms. The van der Waals surface area contributed by atoms with Crippen molar-refractivity contribution in [2.24, 2.45) is 0 Å². The first kappa shape index (κ1) is 18.8. The Morgan fingerprint density at radius 3 is 1.08 bits per heavy atom. The van der Waals surface area contributed by atoms with Gasteiger partial charge in [-0.25, -0.2) is 8.78 Å². The van der Waals surface area contributed by atoms with Crippen LogP contribution in [0.5, 0.6) is 0 Å². The lowest BCUT2D eigenvalue weighted by Gasteiger charge is -2.22. The van der Waals surface area contributed by atoms with Gasteiger partial charge in [0.15, 0.2) is 11.6 Å². The molecule has 2 aromatic rings. The monoisotopic (exact) mass is 394 g/mol. The average molecular weight is 394 g/mol. The topological polar surface area (TPSA) is 52.0 Å². The lowest BCUT2D eigenvalue weighted by molar-refractivity contribution is -0.140. The van der Waals surface area contributed by atoms with Crippen LogP contribution in [-0.2, 0) is 12.4 Å². The van der Waals surface area contributed by atoms with Crippen LogP contribution in [0.1, 0.15) is 11.1 Å². The number of benzene rings is 2. The molecule has 2 aromatic carbocycles. The summed E-state index contributed by atoms with van der Waals surface area (Å²) in [5.41, 5.74) is 3.68. The van der Waals surface area contributed by atoms with E-state index in [1.807, 2.05) is 0 Å². The number of fused-ring (bicyclic) bond motifs is 1. The summed E-state index contributed by atoms with van der Waals surface area (Å²) in [5.74, 6) is -3.80. The molecule has 0 saturated heterocycles. The summed E-state index contributed by atoms with van der Waals surface area (Å²) in [4.78, 5) is -2.49. The second-order valence-electron chi connectivity index (χ2n) is 4.65. The van der Waals surface area contributed by atoms with Gasteiger partial charge in [-0.15, -0.1) is 25.3 Å². The lowest BCUT2D eigenvalue weighted by atomic mass is 9.95. The Morgan fingerprint density at radius 2 is 0.875 bits per heavy atom. The number of halogens is 8. The van der Waals surface area contributed by atoms with Crippen LogP contribution in [-0.4, -0.2) is 0 Å². The Balaban J connectivity index is 3.34. The minimum Gasteiger partial charge on any atom is -0.395 e. The molecule has 0 unspecified atom stereocenters. The van der Waals surface area contributed by atoms with Crippen LogP contribution in [0.4, 0.5) is 46.5 Å². The van der Waals surface area contributed by atoms with Crippen molar-refractivity contribution in [3.8, 4) is 0 Å². The first-order valence-corrected chi connectivity index (χ1v) is 6.68. The van der Waals surface area contributed by atoms with Crippen LogP contribution in [0.2, 0.25) is 0 Å². The van der Waals surface area contributed by atoms with E-state index in [0.717, 1.165) is 0 Å². The van der Waals surface area contributed by atoms with Crippen LogP contribution < -0.4 is 11.5 Å². The molecule has 0 fully saturated rings. The van der Waals surface area contributed by atoms with Gasteiger partial charge in [-0.05, 0) is 0 Å². The molecule has 12 heteroatoms. The van der Waals surface area contributed by atoms with Gasteiger partial charge in [-0.3, -0.25) is 0 Å². The Kier molecular flexibility index (Phi) is 4.28. The molecule has 0 amide bonds. The van der Waals surface area contributed by atoms with Gasteiger partial charge < -0.3 is 11.5 Å². The molecule has 0 radical (unpaired) electrons. The summed E-state index contributed by atoms with van der Waals surface area (Å²) in [6.45, 7) is 0. The fourth-order valence-corrected chi connectivity index (χ4v) is 2.90. The number of anilines is 2. The Bertz CT molecular complexity index is 786. The molecule has 132 valence electrons. The molecular weight excluding hydrogens is 388 g/mol. The van der Waals surface area contributed by atoms with E-state index in [4.69, 9.17) is 11.5 Å². The number of rotatable bonds is 0. The first-order chi connectivity index (χ1) is 10.7. The third kappa shape index (κ3) is 2.61. The van der Waals surface area contributed by atoms with E-state index in [1.165, 1.54) is 0 Å². The highest BCUT2D eigenvalue weighted by molar-refractivity contribution is 7.80. The van der Waals surface area contributed by atoms with E-state index in [2.05, 4.69) is 25.3 Å². The molecule has 2 rings (SSSR count). The molecule has 4 N–H and O–H groups in total. The number of nitrogens with two attached hydrogens (primary N) is 2. The van der Waals surface area contributed by atoms with Gasteiger partial charge in [0.2, 0.25) is 0 Å². The van der Waals surface area contributed by atoms with Crippen LogP contribution >= 0.6 is 25.3 Å². The van der Waals surface area contributed by atoms with Crippen molar-refractivity contribution in [3.63, 3.8) is 0 Å². The molecule has 24 heavy (non-hydrogen) atoms. The number of hydrogen-bond donors (Lipinski definition) is 4. The highest BCUT2D eigenvalue weighted by Crippen LogP contribution is 2.50. The van der Waals surface area contributed by atoms with Gasteiger partial charge in [0.1, 0.15) is 0 Å². The van der Waals surface area contributed by atoms with Crippen molar-refractivity contribution < 1.29 is 35.1 Å². The second-order valence-corrected chi connectivity index (χ2v) is 5.54. The normalized spacial score (nSPS) is 12.9. The van der Waals surface area contributed by atoms with Crippen molar-refractivity contribution in [1.82, 2.24) is 0 Å². The largest absolute Gasteiger partial charge is 0.418 e. The van der Waals surface area contributed by atoms with E-state index < -0.39 is 67.1 Å². The lowest BCUT2D eigenvalue weighted by Crippen LogP contribution is -2.17. The summed E-state index contributed by atoms with van der Waals surface area (Å²) in [6, 6.07) is 0. The smallest absolute Gasteiger partial charge is 0.395 e. The van der Waals surface area contributed by atoms with Crippen molar-refractivity contribution in [3.05, 3.63) is 22.8 Å². The third-order valence-electron chi connectivity index (χ3n) is 3.21. The second kappa shape index (κ2) is 5.48. The van der Waals surface area contributed by atoms with Crippen molar-refractivity contribution in [1.29, 1.82) is 0 Å². The van der Waals surface area contributed by atoms with E-state index in [-0.39, 0.29) is 0 Å². The molecule has 0 saturated carbocycles. The minimum atomic E-state index is -5.37. The van der Waals surface area contributed by atoms with Gasteiger partial charge in [-0.2, -0.15) is 26.3 Å². The zero-order valence-corrected chi connectivity index (χ0v) is 12.9. The molecule has 0 aliphatic rings. The molecule has 0 heterocycles. The summed E-state index contributed by atoms with van der Waals surface area (Å²) in [5, 5.41) is -3.41. The van der Waals surface area contributed by atoms with E-state index in [1.54, 1.807) is 0 Å². The molecule has 0 aliphatic carbocycles. The maximum Gasteiger partial charge on any atom is 0.418 e. The quantitative estimate of drug-likeness (QED) is 0.292. The predicted octanol–water partition coefficient (Wildman–Crippen LogP) is 4.90. The molecule has 0 atom stereocenters. The predicted molar refractivity (Wildman–Crippen MR) is 77.2 cm³/mol. The standard InChI is InChI=1S/C12H6F8N2S2/c13-5-1-2(4(12(18,19)20)10(24)7(5)21)6(14)8(22)9(23)3(1)11(15,16)17/h23-24H,21-22H2. The van der Waals surface area contributed by atoms with Crippen LogP contribution in [0.15, 0.2) is 9.79 Å². The van der Waals surface area contributed by atoms with E-state index in [9.17, 15) is 35.1 Å². The molecule has 0 aromatic heterocycles. The number of thiol groups is 2. The SMILES string of the molecule is Nc1c(S)c(C(F)(F)F)c2c(F)c(N)c(S)c(C(F)(F)F)c2c1F. The fraction of sp³-hybridized carbons (Fsp3) is 0.167. The highest BCUT2D eigenvalue weighted by atomic mass is 32.1. The van der Waals surface area contributed by atoms with E-state index >= 15 is 0 Å². The van der Waals surface area contributed by atoms with Gasteiger partial charge in [0, 0.05) is 20.6 Å².